The van der Waals surface area contributed by atoms with Crippen molar-refractivity contribution in [3.05, 3.63) is 10.4 Å². The summed E-state index contributed by atoms with van der Waals surface area (Å²) in [5.74, 6) is 2.68. The summed E-state index contributed by atoms with van der Waals surface area (Å²) in [6.45, 7) is 0. The normalized spacial score (nSPS) is 23.1. The first-order valence-corrected chi connectivity index (χ1v) is 10.3. The van der Waals surface area contributed by atoms with E-state index in [1.807, 2.05) is 0 Å². The molecule has 0 aromatic carbocycles. The van der Waals surface area contributed by atoms with Gasteiger partial charge in [0.05, 0.1) is 0 Å². The number of rotatable bonds is 1. The molecule has 0 amide bonds. The Bertz CT molecular complexity index is 90.0. The molecular formula is C4H6AsClS2. The van der Waals surface area contributed by atoms with Crippen LogP contribution in [0.4, 0.5) is 0 Å². The number of hydrogen-bond acceptors (Lipinski definition) is 2. The zero-order valence-corrected chi connectivity index (χ0v) is 8.48. The molecule has 1 aliphatic rings. The summed E-state index contributed by atoms with van der Waals surface area (Å²) in [6, 6.07) is 0. The van der Waals surface area contributed by atoms with E-state index in [1.165, 1.54) is 11.5 Å². The standard InChI is InChI=1S/C4H6AsClS2/c6-2-1-5-7-3-4-8-5/h1-2H,3-4H2. The second-order valence-corrected chi connectivity index (χ2v) is 13.2. The molecule has 8 heavy (non-hydrogen) atoms. The molecule has 1 heterocycles. The Morgan fingerprint density at radius 3 is 2.50 bits per heavy atom. The second-order valence-electron chi connectivity index (χ2n) is 1.23. The molecule has 0 aromatic rings. The van der Waals surface area contributed by atoms with Gasteiger partial charge in [0.15, 0.2) is 0 Å². The van der Waals surface area contributed by atoms with E-state index in [0.29, 0.717) is 0 Å². The predicted molar refractivity (Wildman–Crippen MR) is 45.7 cm³/mol. The molecule has 0 atom stereocenters. The summed E-state index contributed by atoms with van der Waals surface area (Å²) in [7, 11) is 4.21. The Labute approximate surface area is 65.7 Å². The Morgan fingerprint density at radius 2 is 2.00 bits per heavy atom. The molecule has 0 nitrogen and oxygen atoms in total. The van der Waals surface area contributed by atoms with Gasteiger partial charge < -0.3 is 0 Å². The van der Waals surface area contributed by atoms with E-state index >= 15 is 0 Å². The summed E-state index contributed by atoms with van der Waals surface area (Å²) in [6.07, 6.45) is 0. The predicted octanol–water partition coefficient (Wildman–Crippen LogP) is 2.25. The molecule has 46 valence electrons. The minimum atomic E-state index is -0.620. The van der Waals surface area contributed by atoms with E-state index in [0.717, 1.165) is 0 Å². The van der Waals surface area contributed by atoms with E-state index in [4.69, 9.17) is 11.6 Å². The molecule has 0 aliphatic carbocycles. The summed E-state index contributed by atoms with van der Waals surface area (Å²) in [5.41, 5.74) is 1.67. The molecule has 1 aliphatic heterocycles. The molecule has 0 aromatic heterocycles. The average molecular weight is 229 g/mol. The third-order valence-electron chi connectivity index (χ3n) is 0.698. The Hall–Kier alpha value is 1.29. The molecular weight excluding hydrogens is 223 g/mol. The van der Waals surface area contributed by atoms with Gasteiger partial charge in [-0.15, -0.1) is 0 Å². The van der Waals surface area contributed by atoms with Crippen molar-refractivity contribution in [3.8, 4) is 0 Å². The SMILES string of the molecule is ClC=C[As]1SCCS1. The topological polar surface area (TPSA) is 0 Å². The van der Waals surface area contributed by atoms with Crippen LogP contribution in [0, 0.1) is 0 Å². The van der Waals surface area contributed by atoms with Gasteiger partial charge in [-0.3, -0.25) is 0 Å². The van der Waals surface area contributed by atoms with Crippen molar-refractivity contribution in [2.24, 2.45) is 0 Å². The maximum atomic E-state index is 5.41. The van der Waals surface area contributed by atoms with Gasteiger partial charge in [-0.25, -0.2) is 0 Å². The van der Waals surface area contributed by atoms with Gasteiger partial charge in [0, 0.05) is 0 Å². The number of halogens is 1. The summed E-state index contributed by atoms with van der Waals surface area (Å²) >= 11 is 4.79. The van der Waals surface area contributed by atoms with Gasteiger partial charge in [0.25, 0.3) is 0 Å². The molecule has 0 unspecified atom stereocenters. The van der Waals surface area contributed by atoms with Gasteiger partial charge in [-0.05, 0) is 0 Å². The first-order chi connectivity index (χ1) is 3.93. The van der Waals surface area contributed by atoms with Crippen molar-refractivity contribution in [1.29, 1.82) is 0 Å². The van der Waals surface area contributed by atoms with Crippen molar-refractivity contribution in [1.82, 2.24) is 0 Å². The Kier molecular flexibility index (Phi) is 3.85. The van der Waals surface area contributed by atoms with Gasteiger partial charge in [0.2, 0.25) is 0 Å². The van der Waals surface area contributed by atoms with Crippen LogP contribution < -0.4 is 0 Å². The molecule has 1 saturated heterocycles. The molecule has 0 spiro atoms. The van der Waals surface area contributed by atoms with Crippen LogP contribution in [-0.2, 0) is 0 Å². The molecule has 0 bridgehead atoms. The maximum absolute atomic E-state index is 5.41. The summed E-state index contributed by atoms with van der Waals surface area (Å²) < 4.78 is 0. The van der Waals surface area contributed by atoms with Crippen molar-refractivity contribution in [2.45, 2.75) is 0 Å². The van der Waals surface area contributed by atoms with Crippen LogP contribution in [0.15, 0.2) is 10.4 Å². The van der Waals surface area contributed by atoms with Crippen LogP contribution in [0.25, 0.3) is 0 Å². The molecule has 0 radical (unpaired) electrons. The van der Waals surface area contributed by atoms with E-state index in [1.54, 1.807) is 5.54 Å². The third kappa shape index (κ3) is 2.26. The van der Waals surface area contributed by atoms with E-state index in [2.05, 4.69) is 24.9 Å². The first-order valence-electron chi connectivity index (χ1n) is 2.25. The quantitative estimate of drug-likeness (QED) is 0.632. The van der Waals surface area contributed by atoms with Crippen LogP contribution in [0.2, 0.25) is 0 Å². The van der Waals surface area contributed by atoms with Crippen LogP contribution >= 0.6 is 31.6 Å². The van der Waals surface area contributed by atoms with Crippen molar-refractivity contribution in [2.75, 3.05) is 11.5 Å². The average Bonchev–Trinajstić information content (AvgIpc) is 2.19. The van der Waals surface area contributed by atoms with Crippen LogP contribution in [0.5, 0.6) is 0 Å². The zero-order chi connectivity index (χ0) is 5.82. The van der Waals surface area contributed by atoms with E-state index < -0.39 is 12.3 Å². The molecule has 4 heteroatoms. The molecule has 0 N–H and O–H groups in total. The fourth-order valence-corrected chi connectivity index (χ4v) is 13.9. The first kappa shape index (κ1) is 7.40. The fourth-order valence-electron chi connectivity index (χ4n) is 0.424. The fraction of sp³-hybridized carbons (Fsp3) is 0.500. The van der Waals surface area contributed by atoms with Crippen molar-refractivity contribution in [3.63, 3.8) is 0 Å². The van der Waals surface area contributed by atoms with E-state index in [9.17, 15) is 0 Å². The Balaban J connectivity index is 2.24. The van der Waals surface area contributed by atoms with Crippen molar-refractivity contribution >= 4 is 44.0 Å². The molecule has 0 saturated carbocycles. The van der Waals surface area contributed by atoms with Crippen LogP contribution in [-0.4, -0.2) is 23.8 Å². The third-order valence-corrected chi connectivity index (χ3v) is 13.6. The van der Waals surface area contributed by atoms with Crippen LogP contribution in [0.1, 0.15) is 0 Å². The van der Waals surface area contributed by atoms with Crippen LogP contribution in [0.3, 0.4) is 0 Å². The molecule has 1 fully saturated rings. The van der Waals surface area contributed by atoms with Gasteiger partial charge in [-0.2, -0.15) is 0 Å². The zero-order valence-electron chi connectivity index (χ0n) is 4.21. The van der Waals surface area contributed by atoms with Gasteiger partial charge >= 0.3 is 65.9 Å². The van der Waals surface area contributed by atoms with Gasteiger partial charge in [-0.1, -0.05) is 0 Å². The molecule has 1 rings (SSSR count). The summed E-state index contributed by atoms with van der Waals surface area (Å²) in [4.78, 5) is 2.18. The van der Waals surface area contributed by atoms with Gasteiger partial charge in [0.1, 0.15) is 0 Å². The van der Waals surface area contributed by atoms with Crippen molar-refractivity contribution < 1.29 is 0 Å². The second kappa shape index (κ2) is 4.16. The minimum absolute atomic E-state index is 0.620. The number of hydrogen-bond donors (Lipinski definition) is 0. The Morgan fingerprint density at radius 1 is 1.38 bits per heavy atom. The van der Waals surface area contributed by atoms with E-state index in [-0.39, 0.29) is 0 Å². The monoisotopic (exact) mass is 228 g/mol. The summed E-state index contributed by atoms with van der Waals surface area (Å²) in [5, 5.41) is 0.